The second kappa shape index (κ2) is 6.76. The van der Waals surface area contributed by atoms with Gasteiger partial charge in [-0.1, -0.05) is 6.07 Å². The Morgan fingerprint density at radius 1 is 1.29 bits per heavy atom. The van der Waals surface area contributed by atoms with Crippen LogP contribution in [0.25, 0.3) is 5.65 Å². The third-order valence-electron chi connectivity index (χ3n) is 5.07. The largest absolute Gasteiger partial charge is 0.340 e. The number of likely N-dealkylation sites (tertiary alicyclic amines) is 1. The molecule has 2 aliphatic rings. The number of hydrogen-bond acceptors (Lipinski definition) is 4. The third kappa shape index (κ3) is 3.05. The number of pyridine rings is 1. The lowest BCUT2D eigenvalue weighted by molar-refractivity contribution is -0.135. The first-order chi connectivity index (χ1) is 11.7. The third-order valence-corrected chi connectivity index (χ3v) is 6.01. The first kappa shape index (κ1) is 16.0. The highest BCUT2D eigenvalue weighted by atomic mass is 32.2. The Balaban J connectivity index is 1.52. The molecule has 128 valence electrons. The molecule has 0 spiro atoms. The van der Waals surface area contributed by atoms with Gasteiger partial charge in [-0.3, -0.25) is 9.69 Å². The van der Waals surface area contributed by atoms with Crippen molar-refractivity contribution in [2.24, 2.45) is 0 Å². The molecule has 2 fully saturated rings. The SMILES string of the molecule is Cc1ccc2ncc(CN3CCC[C@@H]3C(=O)N3CCSCC3)n2c1. The van der Waals surface area contributed by atoms with Gasteiger partial charge < -0.3 is 9.30 Å². The van der Waals surface area contributed by atoms with Gasteiger partial charge in [0, 0.05) is 37.3 Å². The fraction of sp³-hybridized carbons (Fsp3) is 0.556. The molecular formula is C18H24N4OS. The van der Waals surface area contributed by atoms with Crippen molar-refractivity contribution < 1.29 is 4.79 Å². The molecule has 0 saturated carbocycles. The second-order valence-electron chi connectivity index (χ2n) is 6.75. The molecule has 2 aliphatic heterocycles. The maximum absolute atomic E-state index is 12.9. The minimum absolute atomic E-state index is 0.0449. The fourth-order valence-corrected chi connectivity index (χ4v) is 4.65. The van der Waals surface area contributed by atoms with Crippen molar-refractivity contribution >= 4 is 23.3 Å². The van der Waals surface area contributed by atoms with Crippen LogP contribution in [0.2, 0.25) is 0 Å². The molecule has 2 aromatic heterocycles. The number of carbonyl (C=O) groups is 1. The summed E-state index contributed by atoms with van der Waals surface area (Å²) in [6.45, 7) is 5.70. The van der Waals surface area contributed by atoms with Gasteiger partial charge >= 0.3 is 0 Å². The summed E-state index contributed by atoms with van der Waals surface area (Å²) in [4.78, 5) is 21.8. The van der Waals surface area contributed by atoms with Gasteiger partial charge in [-0.2, -0.15) is 11.8 Å². The lowest BCUT2D eigenvalue weighted by Gasteiger charge is -2.32. The highest BCUT2D eigenvalue weighted by Gasteiger charge is 2.34. The summed E-state index contributed by atoms with van der Waals surface area (Å²) in [5, 5.41) is 0. The van der Waals surface area contributed by atoms with E-state index < -0.39 is 0 Å². The molecule has 5 nitrogen and oxygen atoms in total. The van der Waals surface area contributed by atoms with Crippen LogP contribution in [0.1, 0.15) is 24.1 Å². The van der Waals surface area contributed by atoms with Gasteiger partial charge in [-0.25, -0.2) is 4.98 Å². The van der Waals surface area contributed by atoms with Gasteiger partial charge in [0.25, 0.3) is 0 Å². The number of hydrogen-bond donors (Lipinski definition) is 0. The van der Waals surface area contributed by atoms with Gasteiger partial charge in [0.2, 0.25) is 5.91 Å². The Bertz CT molecular complexity index is 738. The topological polar surface area (TPSA) is 40.9 Å². The van der Waals surface area contributed by atoms with E-state index in [-0.39, 0.29) is 6.04 Å². The lowest BCUT2D eigenvalue weighted by Crippen LogP contribution is -2.48. The average molecular weight is 344 g/mol. The van der Waals surface area contributed by atoms with Gasteiger partial charge in [-0.15, -0.1) is 0 Å². The van der Waals surface area contributed by atoms with Crippen LogP contribution in [0.15, 0.2) is 24.5 Å². The van der Waals surface area contributed by atoms with Crippen LogP contribution in [-0.2, 0) is 11.3 Å². The Kier molecular flexibility index (Phi) is 4.50. The van der Waals surface area contributed by atoms with E-state index in [4.69, 9.17) is 0 Å². The molecule has 0 unspecified atom stereocenters. The normalized spacial score (nSPS) is 22.4. The van der Waals surface area contributed by atoms with Crippen LogP contribution < -0.4 is 0 Å². The van der Waals surface area contributed by atoms with Gasteiger partial charge in [0.1, 0.15) is 5.65 Å². The second-order valence-corrected chi connectivity index (χ2v) is 7.98. The summed E-state index contributed by atoms with van der Waals surface area (Å²) in [7, 11) is 0. The minimum Gasteiger partial charge on any atom is -0.340 e. The Morgan fingerprint density at radius 2 is 2.12 bits per heavy atom. The smallest absolute Gasteiger partial charge is 0.239 e. The van der Waals surface area contributed by atoms with E-state index in [0.29, 0.717) is 5.91 Å². The Morgan fingerprint density at radius 3 is 2.96 bits per heavy atom. The van der Waals surface area contributed by atoms with Crippen molar-refractivity contribution in [3.63, 3.8) is 0 Å². The summed E-state index contributed by atoms with van der Waals surface area (Å²) in [5.74, 6) is 2.48. The zero-order chi connectivity index (χ0) is 16.5. The van der Waals surface area contributed by atoms with E-state index in [0.717, 1.165) is 56.2 Å². The predicted molar refractivity (Wildman–Crippen MR) is 97.3 cm³/mol. The Hall–Kier alpha value is -1.53. The number of thioether (sulfide) groups is 1. The van der Waals surface area contributed by atoms with E-state index in [1.165, 1.54) is 11.3 Å². The number of nitrogens with zero attached hydrogens (tertiary/aromatic N) is 4. The summed E-state index contributed by atoms with van der Waals surface area (Å²) >= 11 is 1.95. The molecule has 0 N–H and O–H groups in total. The summed E-state index contributed by atoms with van der Waals surface area (Å²) in [6, 6.07) is 4.18. The van der Waals surface area contributed by atoms with E-state index in [9.17, 15) is 4.79 Å². The predicted octanol–water partition coefficient (Wildman–Crippen LogP) is 2.18. The van der Waals surface area contributed by atoms with Crippen LogP contribution in [-0.4, -0.2) is 62.3 Å². The molecule has 0 aliphatic carbocycles. The molecule has 1 atom stereocenters. The average Bonchev–Trinajstić information content (AvgIpc) is 3.23. The number of fused-ring (bicyclic) bond motifs is 1. The highest BCUT2D eigenvalue weighted by Crippen LogP contribution is 2.23. The van der Waals surface area contributed by atoms with Crippen LogP contribution in [0.3, 0.4) is 0 Å². The van der Waals surface area contributed by atoms with Crippen LogP contribution in [0.5, 0.6) is 0 Å². The Labute approximate surface area is 147 Å². The molecule has 6 heteroatoms. The first-order valence-corrected chi connectivity index (χ1v) is 9.91. The van der Waals surface area contributed by atoms with Crippen molar-refractivity contribution in [1.29, 1.82) is 0 Å². The molecule has 24 heavy (non-hydrogen) atoms. The van der Waals surface area contributed by atoms with Crippen molar-refractivity contribution in [3.8, 4) is 0 Å². The number of aromatic nitrogens is 2. The molecule has 4 heterocycles. The standard InChI is InChI=1S/C18H24N4OS/c1-14-4-5-17-19-11-15(22(17)12-14)13-21-6-2-3-16(21)18(23)20-7-9-24-10-8-20/h4-5,11-12,16H,2-3,6-10,13H2,1H3/t16-/m1/s1. The van der Waals surface area contributed by atoms with Crippen molar-refractivity contribution in [2.75, 3.05) is 31.1 Å². The van der Waals surface area contributed by atoms with Gasteiger partial charge in [-0.05, 0) is 37.9 Å². The monoisotopic (exact) mass is 344 g/mol. The maximum Gasteiger partial charge on any atom is 0.239 e. The molecule has 1 amide bonds. The van der Waals surface area contributed by atoms with Gasteiger partial charge in [0.15, 0.2) is 0 Å². The minimum atomic E-state index is 0.0449. The fourth-order valence-electron chi connectivity index (χ4n) is 3.75. The summed E-state index contributed by atoms with van der Waals surface area (Å²) in [5.41, 5.74) is 3.37. The molecule has 0 bridgehead atoms. The lowest BCUT2D eigenvalue weighted by atomic mass is 10.2. The molecule has 0 radical (unpaired) electrons. The van der Waals surface area contributed by atoms with Crippen molar-refractivity contribution in [2.45, 2.75) is 32.4 Å². The van der Waals surface area contributed by atoms with Crippen molar-refractivity contribution in [3.05, 3.63) is 35.8 Å². The molecular weight excluding hydrogens is 320 g/mol. The molecule has 4 rings (SSSR count). The quantitative estimate of drug-likeness (QED) is 0.856. The van der Waals surface area contributed by atoms with Crippen LogP contribution >= 0.6 is 11.8 Å². The summed E-state index contributed by atoms with van der Waals surface area (Å²) in [6.07, 6.45) is 6.17. The van der Waals surface area contributed by atoms with E-state index in [2.05, 4.69) is 44.4 Å². The number of aryl methyl sites for hydroxylation is 1. The number of imidazole rings is 1. The van der Waals surface area contributed by atoms with Crippen LogP contribution in [0.4, 0.5) is 0 Å². The number of amides is 1. The van der Waals surface area contributed by atoms with E-state index >= 15 is 0 Å². The number of carbonyl (C=O) groups excluding carboxylic acids is 1. The summed E-state index contributed by atoms with van der Waals surface area (Å²) < 4.78 is 2.16. The zero-order valence-electron chi connectivity index (χ0n) is 14.1. The van der Waals surface area contributed by atoms with E-state index in [1.807, 2.05) is 18.0 Å². The van der Waals surface area contributed by atoms with E-state index in [1.54, 1.807) is 0 Å². The highest BCUT2D eigenvalue weighted by molar-refractivity contribution is 7.99. The zero-order valence-corrected chi connectivity index (χ0v) is 15.0. The van der Waals surface area contributed by atoms with Crippen LogP contribution in [0, 0.1) is 6.92 Å². The first-order valence-electron chi connectivity index (χ1n) is 8.75. The van der Waals surface area contributed by atoms with Gasteiger partial charge in [0.05, 0.1) is 17.9 Å². The molecule has 2 saturated heterocycles. The molecule has 2 aromatic rings. The molecule has 0 aromatic carbocycles. The van der Waals surface area contributed by atoms with Crippen molar-refractivity contribution in [1.82, 2.24) is 19.2 Å². The number of rotatable bonds is 3. The maximum atomic E-state index is 12.9.